The van der Waals surface area contributed by atoms with Gasteiger partial charge < -0.3 is 15.3 Å². The quantitative estimate of drug-likeness (QED) is 0.765. The zero-order chi connectivity index (χ0) is 12.4. The predicted octanol–water partition coefficient (Wildman–Crippen LogP) is 1.47. The molecule has 0 radical (unpaired) electrons. The molecule has 1 saturated carbocycles. The molecule has 1 aliphatic carbocycles. The van der Waals surface area contributed by atoms with Crippen molar-refractivity contribution in [1.82, 2.24) is 10.2 Å². The molecule has 2 atom stereocenters. The molecule has 0 saturated heterocycles. The molecule has 0 heterocycles. The van der Waals surface area contributed by atoms with E-state index in [2.05, 4.69) is 38.0 Å². The Morgan fingerprint density at radius 3 is 2.44 bits per heavy atom. The van der Waals surface area contributed by atoms with E-state index in [1.54, 1.807) is 0 Å². The highest BCUT2D eigenvalue weighted by Gasteiger charge is 2.39. The number of aliphatic hydroxyl groups excluding tert-OH is 1. The lowest BCUT2D eigenvalue weighted by Crippen LogP contribution is -2.46. The Bertz CT molecular complexity index is 218. The average Bonchev–Trinajstić information content (AvgIpc) is 2.60. The highest BCUT2D eigenvalue weighted by molar-refractivity contribution is 4.98. The highest BCUT2D eigenvalue weighted by atomic mass is 16.3. The van der Waals surface area contributed by atoms with Gasteiger partial charge in [0.15, 0.2) is 0 Å². The van der Waals surface area contributed by atoms with Crippen LogP contribution < -0.4 is 5.32 Å². The Balaban J connectivity index is 2.52. The van der Waals surface area contributed by atoms with Crippen molar-refractivity contribution in [2.24, 2.45) is 5.41 Å². The number of nitrogens with one attached hydrogen (secondary N) is 1. The monoisotopic (exact) mass is 228 g/mol. The highest BCUT2D eigenvalue weighted by Crippen LogP contribution is 2.33. The molecule has 1 rings (SSSR count). The average molecular weight is 228 g/mol. The van der Waals surface area contributed by atoms with E-state index >= 15 is 0 Å². The summed E-state index contributed by atoms with van der Waals surface area (Å²) in [4.78, 5) is 2.45. The molecule has 2 N–H and O–H groups in total. The molecule has 1 aliphatic rings. The van der Waals surface area contributed by atoms with Crippen molar-refractivity contribution in [3.8, 4) is 0 Å². The number of likely N-dealkylation sites (N-methyl/N-ethyl adjacent to an activating group) is 1. The number of nitrogens with zero attached hydrogens (tertiary/aromatic N) is 1. The molecule has 96 valence electrons. The van der Waals surface area contributed by atoms with E-state index in [-0.39, 0.29) is 12.1 Å². The third kappa shape index (κ3) is 3.44. The molecule has 0 amide bonds. The van der Waals surface area contributed by atoms with Crippen molar-refractivity contribution in [2.45, 2.75) is 51.6 Å². The molecule has 3 heteroatoms. The zero-order valence-corrected chi connectivity index (χ0v) is 11.5. The molecular formula is C13H28N2O. The molecule has 0 spiro atoms. The maximum atomic E-state index is 9.47. The first-order chi connectivity index (χ1) is 7.32. The van der Waals surface area contributed by atoms with E-state index in [9.17, 15) is 5.11 Å². The van der Waals surface area contributed by atoms with Crippen molar-refractivity contribution in [3.63, 3.8) is 0 Å². The normalized spacial score (nSPS) is 31.3. The number of aliphatic hydroxyl groups is 1. The van der Waals surface area contributed by atoms with Crippen molar-refractivity contribution in [3.05, 3.63) is 0 Å². The van der Waals surface area contributed by atoms with Gasteiger partial charge in [0, 0.05) is 18.1 Å². The van der Waals surface area contributed by atoms with Crippen LogP contribution in [0.3, 0.4) is 0 Å². The van der Waals surface area contributed by atoms with Crippen LogP contribution in [-0.4, -0.2) is 48.8 Å². The van der Waals surface area contributed by atoms with Gasteiger partial charge >= 0.3 is 0 Å². The Kier molecular flexibility index (Phi) is 4.38. The van der Waals surface area contributed by atoms with Gasteiger partial charge in [0.05, 0.1) is 6.61 Å². The standard InChI is InChI=1S/C13H28N2O/c1-12(2,3)9-15(5)11-6-7-13(8-11,10-16)14-4/h11,14,16H,6-10H2,1-5H3. The summed E-state index contributed by atoms with van der Waals surface area (Å²) in [5.74, 6) is 0. The Labute approximate surface area is 100 Å². The fourth-order valence-electron chi connectivity index (χ4n) is 2.80. The van der Waals surface area contributed by atoms with Gasteiger partial charge in [-0.2, -0.15) is 0 Å². The van der Waals surface area contributed by atoms with Crippen LogP contribution in [0.5, 0.6) is 0 Å². The summed E-state index contributed by atoms with van der Waals surface area (Å²) in [5, 5.41) is 12.8. The SMILES string of the molecule is CNC1(CO)CCC(N(C)CC(C)(C)C)C1. The van der Waals surface area contributed by atoms with Gasteiger partial charge in [-0.25, -0.2) is 0 Å². The van der Waals surface area contributed by atoms with Crippen molar-refractivity contribution < 1.29 is 5.11 Å². The van der Waals surface area contributed by atoms with Gasteiger partial charge in [-0.05, 0) is 38.8 Å². The summed E-state index contributed by atoms with van der Waals surface area (Å²) in [6.07, 6.45) is 3.33. The minimum absolute atomic E-state index is 0.0309. The Hall–Kier alpha value is -0.120. The molecule has 0 aliphatic heterocycles. The molecule has 3 nitrogen and oxygen atoms in total. The van der Waals surface area contributed by atoms with Crippen LogP contribution in [0.2, 0.25) is 0 Å². The first-order valence-electron chi connectivity index (χ1n) is 6.32. The topological polar surface area (TPSA) is 35.5 Å². The van der Waals surface area contributed by atoms with Gasteiger partial charge in [-0.1, -0.05) is 20.8 Å². The minimum Gasteiger partial charge on any atom is -0.394 e. The summed E-state index contributed by atoms with van der Waals surface area (Å²) >= 11 is 0. The lowest BCUT2D eigenvalue weighted by atomic mass is 9.94. The number of hydrogen-bond donors (Lipinski definition) is 2. The lowest BCUT2D eigenvalue weighted by molar-refractivity contribution is 0.141. The second-order valence-electron chi connectivity index (χ2n) is 6.56. The summed E-state index contributed by atoms with van der Waals surface area (Å²) in [6, 6.07) is 0.610. The smallest absolute Gasteiger partial charge is 0.0613 e. The second-order valence-corrected chi connectivity index (χ2v) is 6.56. The number of rotatable bonds is 4. The molecule has 0 aromatic carbocycles. The zero-order valence-electron chi connectivity index (χ0n) is 11.5. The maximum Gasteiger partial charge on any atom is 0.0613 e. The van der Waals surface area contributed by atoms with Crippen molar-refractivity contribution in [1.29, 1.82) is 0 Å². The predicted molar refractivity (Wildman–Crippen MR) is 68.6 cm³/mol. The van der Waals surface area contributed by atoms with Crippen LogP contribution in [0, 0.1) is 5.41 Å². The van der Waals surface area contributed by atoms with Crippen LogP contribution in [0.15, 0.2) is 0 Å². The first kappa shape index (κ1) is 13.9. The molecule has 1 fully saturated rings. The van der Waals surface area contributed by atoms with E-state index < -0.39 is 0 Å². The lowest BCUT2D eigenvalue weighted by Gasteiger charge is -2.33. The fraction of sp³-hybridized carbons (Fsp3) is 1.00. The summed E-state index contributed by atoms with van der Waals surface area (Å²) in [6.45, 7) is 8.19. The Morgan fingerprint density at radius 2 is 2.06 bits per heavy atom. The molecular weight excluding hydrogens is 200 g/mol. The summed E-state index contributed by atoms with van der Waals surface area (Å²) in [5.41, 5.74) is 0.315. The molecule has 2 unspecified atom stereocenters. The van der Waals surface area contributed by atoms with Gasteiger partial charge in [-0.3, -0.25) is 0 Å². The van der Waals surface area contributed by atoms with Gasteiger partial charge in [0.1, 0.15) is 0 Å². The molecule has 0 bridgehead atoms. The maximum absolute atomic E-state index is 9.47. The third-order valence-electron chi connectivity index (χ3n) is 3.76. The van der Waals surface area contributed by atoms with Crippen LogP contribution >= 0.6 is 0 Å². The van der Waals surface area contributed by atoms with E-state index in [4.69, 9.17) is 0 Å². The number of hydrogen-bond acceptors (Lipinski definition) is 3. The van der Waals surface area contributed by atoms with Crippen molar-refractivity contribution in [2.75, 3.05) is 27.2 Å². The molecule has 16 heavy (non-hydrogen) atoms. The van der Waals surface area contributed by atoms with Gasteiger partial charge in [0.25, 0.3) is 0 Å². The van der Waals surface area contributed by atoms with E-state index in [0.717, 1.165) is 19.4 Å². The first-order valence-corrected chi connectivity index (χ1v) is 6.32. The van der Waals surface area contributed by atoms with Crippen LogP contribution in [0.1, 0.15) is 40.0 Å². The van der Waals surface area contributed by atoms with E-state index in [1.165, 1.54) is 6.42 Å². The van der Waals surface area contributed by atoms with E-state index in [1.807, 2.05) is 7.05 Å². The largest absolute Gasteiger partial charge is 0.394 e. The summed E-state index contributed by atoms with van der Waals surface area (Å²) in [7, 11) is 4.17. The Morgan fingerprint density at radius 1 is 1.44 bits per heavy atom. The fourth-order valence-corrected chi connectivity index (χ4v) is 2.80. The molecule has 0 aromatic heterocycles. The van der Waals surface area contributed by atoms with Gasteiger partial charge in [-0.15, -0.1) is 0 Å². The van der Waals surface area contributed by atoms with Crippen LogP contribution in [0.4, 0.5) is 0 Å². The van der Waals surface area contributed by atoms with Gasteiger partial charge in [0.2, 0.25) is 0 Å². The summed E-state index contributed by atoms with van der Waals surface area (Å²) < 4.78 is 0. The second kappa shape index (κ2) is 5.03. The minimum atomic E-state index is -0.0309. The van der Waals surface area contributed by atoms with Crippen molar-refractivity contribution >= 4 is 0 Å². The van der Waals surface area contributed by atoms with Crippen LogP contribution in [0.25, 0.3) is 0 Å². The van der Waals surface area contributed by atoms with Crippen LogP contribution in [-0.2, 0) is 0 Å². The third-order valence-corrected chi connectivity index (χ3v) is 3.76. The molecule has 0 aromatic rings. The van der Waals surface area contributed by atoms with E-state index in [0.29, 0.717) is 11.5 Å².